The molecule has 2 aromatic carbocycles. The monoisotopic (exact) mass is 555 g/mol. The summed E-state index contributed by atoms with van der Waals surface area (Å²) in [5.74, 6) is -1.93. The van der Waals surface area contributed by atoms with E-state index < -0.39 is 29.6 Å². The van der Waals surface area contributed by atoms with Gasteiger partial charge in [0.1, 0.15) is 28.2 Å². The van der Waals surface area contributed by atoms with Crippen molar-refractivity contribution in [2.75, 3.05) is 24.9 Å². The average Bonchev–Trinajstić information content (AvgIpc) is 3.33. The molecular formula is C27H30FN5O5S. The van der Waals surface area contributed by atoms with E-state index in [1.54, 1.807) is 18.2 Å². The Hall–Kier alpha value is -4.19. The van der Waals surface area contributed by atoms with E-state index in [1.165, 1.54) is 43.4 Å². The number of nitrogen functional groups attached to an aromatic ring is 1. The molecule has 1 aliphatic carbocycles. The van der Waals surface area contributed by atoms with Crippen molar-refractivity contribution in [2.45, 2.75) is 44.2 Å². The van der Waals surface area contributed by atoms with Gasteiger partial charge in [0.2, 0.25) is 5.91 Å². The standard InChI is InChI=1S/C27H30FN5O5S/c1-37-18-12-13-20(38-2)19(14-18)33(27(36)24-21(29)22(25(30)34)32-39-24)23(15-8-10-16(28)11-9-15)26(35)31-17-6-4-3-5-7-17/h8-14,17,23H,3-7,29H2,1-2H3,(H2,30,34)(H,31,35)/t23-/m1/s1. The van der Waals surface area contributed by atoms with E-state index in [2.05, 4.69) is 9.69 Å². The molecule has 0 aliphatic heterocycles. The normalized spacial score (nSPS) is 14.3. The maximum atomic E-state index is 14.3. The number of hydrogen-bond acceptors (Lipinski definition) is 8. The van der Waals surface area contributed by atoms with Crippen LogP contribution in [0.4, 0.5) is 15.8 Å². The lowest BCUT2D eigenvalue weighted by Crippen LogP contribution is -2.47. The molecule has 0 bridgehead atoms. The molecule has 4 rings (SSSR count). The number of methoxy groups -OCH3 is 2. The van der Waals surface area contributed by atoms with E-state index in [9.17, 15) is 18.8 Å². The predicted molar refractivity (Wildman–Crippen MR) is 146 cm³/mol. The summed E-state index contributed by atoms with van der Waals surface area (Å²) in [6, 6.07) is 8.77. The minimum atomic E-state index is -1.26. The Bertz CT molecular complexity index is 1360. The van der Waals surface area contributed by atoms with Crippen molar-refractivity contribution in [2.24, 2.45) is 5.73 Å². The Labute approximate surface area is 229 Å². The zero-order valence-electron chi connectivity index (χ0n) is 21.6. The van der Waals surface area contributed by atoms with Crippen LogP contribution < -0.4 is 31.2 Å². The number of rotatable bonds is 9. The van der Waals surface area contributed by atoms with Crippen molar-refractivity contribution in [1.82, 2.24) is 9.69 Å². The van der Waals surface area contributed by atoms with Gasteiger partial charge in [0, 0.05) is 12.1 Å². The number of nitrogens with zero attached hydrogens (tertiary/aromatic N) is 2. The Morgan fingerprint density at radius 2 is 1.77 bits per heavy atom. The van der Waals surface area contributed by atoms with Crippen molar-refractivity contribution in [3.63, 3.8) is 0 Å². The minimum Gasteiger partial charge on any atom is -0.497 e. The molecule has 39 heavy (non-hydrogen) atoms. The SMILES string of the molecule is COc1ccc(OC)c(N(C(=O)c2snc(C(N)=O)c2N)[C@@H](C(=O)NC2CCCCC2)c2ccc(F)cc2)c1. The van der Waals surface area contributed by atoms with Crippen molar-refractivity contribution < 1.29 is 28.2 Å². The predicted octanol–water partition coefficient (Wildman–Crippen LogP) is 3.82. The number of primary amides is 1. The lowest BCUT2D eigenvalue weighted by atomic mass is 9.94. The minimum absolute atomic E-state index is 0.0757. The van der Waals surface area contributed by atoms with E-state index in [0.29, 0.717) is 22.8 Å². The lowest BCUT2D eigenvalue weighted by Gasteiger charge is -2.34. The Morgan fingerprint density at radius 3 is 2.36 bits per heavy atom. The molecule has 10 nitrogen and oxygen atoms in total. The number of carbonyl (C=O) groups is 3. The van der Waals surface area contributed by atoms with Crippen molar-refractivity contribution in [3.05, 3.63) is 64.4 Å². The van der Waals surface area contributed by atoms with Gasteiger partial charge in [0.25, 0.3) is 11.8 Å². The number of nitrogens with one attached hydrogen (secondary N) is 1. The first kappa shape index (κ1) is 27.8. The van der Waals surface area contributed by atoms with Gasteiger partial charge in [-0.05, 0) is 54.2 Å². The molecule has 3 aromatic rings. The highest BCUT2D eigenvalue weighted by atomic mass is 32.1. The molecular weight excluding hydrogens is 525 g/mol. The molecule has 1 atom stereocenters. The van der Waals surface area contributed by atoms with Crippen LogP contribution in [0, 0.1) is 5.82 Å². The van der Waals surface area contributed by atoms with Crippen molar-refractivity contribution >= 4 is 40.6 Å². The van der Waals surface area contributed by atoms with Gasteiger partial charge in [-0.1, -0.05) is 31.4 Å². The molecule has 1 aliphatic rings. The Balaban J connectivity index is 1.92. The second kappa shape index (κ2) is 12.1. The summed E-state index contributed by atoms with van der Waals surface area (Å²) in [5.41, 5.74) is 11.6. The lowest BCUT2D eigenvalue weighted by molar-refractivity contribution is -0.123. The number of halogens is 1. The number of carbonyl (C=O) groups excluding carboxylic acids is 3. The second-order valence-electron chi connectivity index (χ2n) is 9.15. The molecule has 206 valence electrons. The molecule has 0 saturated heterocycles. The molecule has 5 N–H and O–H groups in total. The number of anilines is 2. The Morgan fingerprint density at radius 1 is 1.08 bits per heavy atom. The van der Waals surface area contributed by atoms with Crippen LogP contribution in [0.2, 0.25) is 0 Å². The summed E-state index contributed by atoms with van der Waals surface area (Å²) in [7, 11) is 2.89. The number of aromatic nitrogens is 1. The number of hydrogen-bond donors (Lipinski definition) is 3. The van der Waals surface area contributed by atoms with Gasteiger partial charge in [0.15, 0.2) is 5.69 Å². The van der Waals surface area contributed by atoms with Crippen LogP contribution >= 0.6 is 11.5 Å². The van der Waals surface area contributed by atoms with E-state index in [1.807, 2.05) is 0 Å². The first-order chi connectivity index (χ1) is 18.7. The van der Waals surface area contributed by atoms with Crippen molar-refractivity contribution in [3.8, 4) is 11.5 Å². The van der Waals surface area contributed by atoms with Crippen LogP contribution in [0.15, 0.2) is 42.5 Å². The van der Waals surface area contributed by atoms with E-state index in [4.69, 9.17) is 20.9 Å². The molecule has 1 aromatic heterocycles. The average molecular weight is 556 g/mol. The van der Waals surface area contributed by atoms with E-state index in [-0.39, 0.29) is 33.7 Å². The third-order valence-electron chi connectivity index (χ3n) is 6.66. The van der Waals surface area contributed by atoms with Gasteiger partial charge in [-0.25, -0.2) is 4.39 Å². The number of amides is 3. The van der Waals surface area contributed by atoms with Crippen LogP contribution in [0.25, 0.3) is 0 Å². The number of ether oxygens (including phenoxy) is 2. The quantitative estimate of drug-likeness (QED) is 0.363. The maximum Gasteiger partial charge on any atom is 0.273 e. The third kappa shape index (κ3) is 5.95. The molecule has 0 spiro atoms. The van der Waals surface area contributed by atoms with Gasteiger partial charge in [-0.3, -0.25) is 19.3 Å². The van der Waals surface area contributed by atoms with Gasteiger partial charge in [-0.15, -0.1) is 0 Å². The molecule has 0 unspecified atom stereocenters. The first-order valence-electron chi connectivity index (χ1n) is 12.4. The smallest absolute Gasteiger partial charge is 0.273 e. The fourth-order valence-corrected chi connectivity index (χ4v) is 5.42. The fourth-order valence-electron chi connectivity index (χ4n) is 4.68. The fraction of sp³-hybridized carbons (Fsp3) is 0.333. The summed E-state index contributed by atoms with van der Waals surface area (Å²) in [6.07, 6.45) is 4.66. The highest BCUT2D eigenvalue weighted by Crippen LogP contribution is 2.40. The molecule has 1 fully saturated rings. The van der Waals surface area contributed by atoms with E-state index in [0.717, 1.165) is 32.1 Å². The zero-order valence-corrected chi connectivity index (χ0v) is 22.4. The highest BCUT2D eigenvalue weighted by molar-refractivity contribution is 7.09. The zero-order chi connectivity index (χ0) is 28.1. The summed E-state index contributed by atoms with van der Waals surface area (Å²) in [6.45, 7) is 0. The van der Waals surface area contributed by atoms with Gasteiger partial charge < -0.3 is 26.3 Å². The van der Waals surface area contributed by atoms with Gasteiger partial charge in [0.05, 0.1) is 25.6 Å². The summed E-state index contributed by atoms with van der Waals surface area (Å²) < 4.78 is 28.8. The topological polar surface area (TPSA) is 150 Å². The highest BCUT2D eigenvalue weighted by Gasteiger charge is 2.38. The van der Waals surface area contributed by atoms with Crippen LogP contribution in [0.3, 0.4) is 0 Å². The molecule has 1 heterocycles. The van der Waals surface area contributed by atoms with E-state index >= 15 is 0 Å². The molecule has 3 amide bonds. The summed E-state index contributed by atoms with van der Waals surface area (Å²) in [4.78, 5) is 41.2. The van der Waals surface area contributed by atoms with Crippen LogP contribution in [0.1, 0.15) is 63.9 Å². The molecule has 1 saturated carbocycles. The summed E-state index contributed by atoms with van der Waals surface area (Å²) in [5, 5.41) is 3.08. The number of benzene rings is 2. The maximum absolute atomic E-state index is 14.3. The molecule has 12 heteroatoms. The Kier molecular flexibility index (Phi) is 8.65. The molecule has 0 radical (unpaired) electrons. The third-order valence-corrected chi connectivity index (χ3v) is 7.51. The first-order valence-corrected chi connectivity index (χ1v) is 13.2. The van der Waals surface area contributed by atoms with Crippen molar-refractivity contribution in [1.29, 1.82) is 0 Å². The summed E-state index contributed by atoms with van der Waals surface area (Å²) >= 11 is 0.691. The van der Waals surface area contributed by atoms with Crippen LogP contribution in [-0.2, 0) is 4.79 Å². The second-order valence-corrected chi connectivity index (χ2v) is 9.92. The van der Waals surface area contributed by atoms with Gasteiger partial charge in [-0.2, -0.15) is 4.37 Å². The van der Waals surface area contributed by atoms with Crippen LogP contribution in [0.5, 0.6) is 11.5 Å². The number of nitrogens with two attached hydrogens (primary N) is 2. The van der Waals surface area contributed by atoms with Crippen LogP contribution in [-0.4, -0.2) is 42.4 Å². The van der Waals surface area contributed by atoms with Gasteiger partial charge >= 0.3 is 0 Å². The largest absolute Gasteiger partial charge is 0.497 e.